The van der Waals surface area contributed by atoms with Gasteiger partial charge in [-0.15, -0.1) is 5.10 Å². The van der Waals surface area contributed by atoms with Crippen molar-refractivity contribution in [3.05, 3.63) is 82.7 Å². The summed E-state index contributed by atoms with van der Waals surface area (Å²) in [5.41, 5.74) is 5.93. The minimum atomic E-state index is -0.122. The molecule has 1 saturated heterocycles. The Balaban J connectivity index is 1.45. The maximum Gasteiger partial charge on any atom is 0.157 e. The molecule has 2 aromatic carbocycles. The van der Waals surface area contributed by atoms with Crippen LogP contribution in [-0.4, -0.2) is 33.0 Å². The minimum Gasteiger partial charge on any atom is -0.356 e. The van der Waals surface area contributed by atoms with Crippen LogP contribution >= 0.6 is 0 Å². The second kappa shape index (κ2) is 7.40. The first-order valence-corrected chi connectivity index (χ1v) is 9.04. The summed E-state index contributed by atoms with van der Waals surface area (Å²) in [6.07, 6.45) is 1.88. The Morgan fingerprint density at radius 1 is 0.923 bits per heavy atom. The first-order chi connectivity index (χ1) is 12.7. The zero-order chi connectivity index (χ0) is 17.9. The Hall–Kier alpha value is -2.50. The third-order valence-electron chi connectivity index (χ3n) is 4.77. The van der Waals surface area contributed by atoms with Crippen molar-refractivity contribution >= 4 is 0 Å². The molecule has 2 heterocycles. The lowest BCUT2D eigenvalue weighted by Gasteiger charge is -2.21. The molecule has 0 bridgehead atoms. The van der Waals surface area contributed by atoms with Gasteiger partial charge in [0.15, 0.2) is 6.23 Å². The number of hydrogen-bond donors (Lipinski definition) is 0. The highest BCUT2D eigenvalue weighted by Crippen LogP contribution is 2.27. The molecule has 1 atom stereocenters. The number of aryl methyl sites for hydroxylation is 2. The van der Waals surface area contributed by atoms with Gasteiger partial charge in [-0.05, 0) is 25.0 Å². The molecule has 1 aliphatic heterocycles. The Bertz CT molecular complexity index is 854. The van der Waals surface area contributed by atoms with Crippen LogP contribution in [0.2, 0.25) is 0 Å². The summed E-state index contributed by atoms with van der Waals surface area (Å²) in [5, 5.41) is 8.66. The van der Waals surface area contributed by atoms with Crippen LogP contribution in [0.15, 0.2) is 54.7 Å². The summed E-state index contributed by atoms with van der Waals surface area (Å²) in [7, 11) is 0. The average molecular weight is 348 g/mol. The third-order valence-corrected chi connectivity index (χ3v) is 4.77. The molecule has 0 N–H and O–H groups in total. The quantitative estimate of drug-likeness (QED) is 0.708. The van der Waals surface area contributed by atoms with E-state index in [1.54, 1.807) is 0 Å². The lowest BCUT2D eigenvalue weighted by molar-refractivity contribution is 0.0252. The maximum atomic E-state index is 5.94. The van der Waals surface area contributed by atoms with E-state index in [9.17, 15) is 0 Å². The SMILES string of the molecule is Cc1ccc(CN2CCO[C@H]2c2cn(Cc3ccc(C)cc3)nn2)cc1. The summed E-state index contributed by atoms with van der Waals surface area (Å²) in [5.74, 6) is 0. The van der Waals surface area contributed by atoms with Crippen LogP contribution in [0.4, 0.5) is 0 Å². The predicted molar refractivity (Wildman–Crippen MR) is 101 cm³/mol. The van der Waals surface area contributed by atoms with Gasteiger partial charge in [0.05, 0.1) is 19.3 Å². The zero-order valence-corrected chi connectivity index (χ0v) is 15.3. The number of ether oxygens (including phenoxy) is 1. The molecule has 3 aromatic rings. The van der Waals surface area contributed by atoms with Crippen LogP contribution in [0.1, 0.15) is 34.2 Å². The molecule has 0 radical (unpaired) electrons. The van der Waals surface area contributed by atoms with Crippen LogP contribution in [0.25, 0.3) is 0 Å². The van der Waals surface area contributed by atoms with E-state index >= 15 is 0 Å². The van der Waals surface area contributed by atoms with E-state index in [1.165, 1.54) is 22.3 Å². The van der Waals surface area contributed by atoms with Crippen molar-refractivity contribution in [2.75, 3.05) is 13.2 Å². The molecule has 1 aliphatic rings. The van der Waals surface area contributed by atoms with Gasteiger partial charge in [0.2, 0.25) is 0 Å². The predicted octanol–water partition coefficient (Wildman–Crippen LogP) is 3.47. The summed E-state index contributed by atoms with van der Waals surface area (Å²) >= 11 is 0. The lowest BCUT2D eigenvalue weighted by atomic mass is 10.1. The van der Waals surface area contributed by atoms with Crippen LogP contribution in [-0.2, 0) is 17.8 Å². The molecule has 1 aromatic heterocycles. The fraction of sp³-hybridized carbons (Fsp3) is 0.333. The first kappa shape index (κ1) is 16.9. The molecule has 1 fully saturated rings. The summed E-state index contributed by atoms with van der Waals surface area (Å²) in [6.45, 7) is 7.41. The van der Waals surface area contributed by atoms with Crippen LogP contribution < -0.4 is 0 Å². The molecule has 0 spiro atoms. The van der Waals surface area contributed by atoms with E-state index in [0.29, 0.717) is 0 Å². The Kier molecular flexibility index (Phi) is 4.82. The zero-order valence-electron chi connectivity index (χ0n) is 15.3. The molecule has 0 amide bonds. The molecule has 0 aliphatic carbocycles. The molecule has 0 unspecified atom stereocenters. The molecular formula is C21H24N4O. The fourth-order valence-electron chi connectivity index (χ4n) is 3.25. The molecule has 5 nitrogen and oxygen atoms in total. The average Bonchev–Trinajstić information content (AvgIpc) is 3.28. The number of benzene rings is 2. The topological polar surface area (TPSA) is 43.2 Å². The Morgan fingerprint density at radius 3 is 2.19 bits per heavy atom. The standard InChI is InChI=1S/C21H24N4O/c1-16-3-7-18(8-4-16)13-24-11-12-26-21(24)20-15-25(23-22-20)14-19-9-5-17(2)6-10-19/h3-10,15,21H,11-14H2,1-2H3/t21-/m0/s1. The number of aromatic nitrogens is 3. The first-order valence-electron chi connectivity index (χ1n) is 9.04. The van der Waals surface area contributed by atoms with Crippen molar-refractivity contribution in [1.29, 1.82) is 0 Å². The molecule has 4 rings (SSSR count). The highest BCUT2D eigenvalue weighted by molar-refractivity contribution is 5.22. The fourth-order valence-corrected chi connectivity index (χ4v) is 3.25. The summed E-state index contributed by atoms with van der Waals surface area (Å²) in [6, 6.07) is 17.2. The largest absolute Gasteiger partial charge is 0.356 e. The van der Waals surface area contributed by atoms with E-state index in [1.807, 2.05) is 10.9 Å². The third kappa shape index (κ3) is 3.84. The highest BCUT2D eigenvalue weighted by atomic mass is 16.5. The van der Waals surface area contributed by atoms with Crippen molar-refractivity contribution in [2.45, 2.75) is 33.2 Å². The van der Waals surface area contributed by atoms with Gasteiger partial charge < -0.3 is 4.74 Å². The summed E-state index contributed by atoms with van der Waals surface area (Å²) in [4.78, 5) is 2.31. The molecular weight excluding hydrogens is 324 g/mol. The van der Waals surface area contributed by atoms with Crippen LogP contribution in [0.5, 0.6) is 0 Å². The minimum absolute atomic E-state index is 0.122. The Morgan fingerprint density at radius 2 is 1.54 bits per heavy atom. The van der Waals surface area contributed by atoms with E-state index in [-0.39, 0.29) is 6.23 Å². The van der Waals surface area contributed by atoms with Gasteiger partial charge in [-0.25, -0.2) is 4.68 Å². The van der Waals surface area contributed by atoms with E-state index in [0.717, 1.165) is 31.9 Å². The van der Waals surface area contributed by atoms with E-state index in [4.69, 9.17) is 4.74 Å². The van der Waals surface area contributed by atoms with E-state index < -0.39 is 0 Å². The van der Waals surface area contributed by atoms with Gasteiger partial charge in [0.1, 0.15) is 5.69 Å². The molecule has 134 valence electrons. The second-order valence-electron chi connectivity index (χ2n) is 7.01. The highest BCUT2D eigenvalue weighted by Gasteiger charge is 2.29. The van der Waals surface area contributed by atoms with Crippen LogP contribution in [0, 0.1) is 13.8 Å². The number of nitrogens with zero attached hydrogens (tertiary/aromatic N) is 4. The van der Waals surface area contributed by atoms with Crippen molar-refractivity contribution in [3.63, 3.8) is 0 Å². The molecule has 26 heavy (non-hydrogen) atoms. The summed E-state index contributed by atoms with van der Waals surface area (Å²) < 4.78 is 7.82. The van der Waals surface area contributed by atoms with Crippen molar-refractivity contribution in [2.24, 2.45) is 0 Å². The normalized spacial score (nSPS) is 17.7. The second-order valence-corrected chi connectivity index (χ2v) is 7.01. The molecule has 0 saturated carbocycles. The van der Waals surface area contributed by atoms with Gasteiger partial charge in [-0.1, -0.05) is 64.9 Å². The maximum absolute atomic E-state index is 5.94. The van der Waals surface area contributed by atoms with Gasteiger partial charge in [0, 0.05) is 13.1 Å². The van der Waals surface area contributed by atoms with Gasteiger partial charge in [-0.2, -0.15) is 0 Å². The van der Waals surface area contributed by atoms with Gasteiger partial charge in [-0.3, -0.25) is 4.90 Å². The monoisotopic (exact) mass is 348 g/mol. The van der Waals surface area contributed by atoms with Gasteiger partial charge in [0.25, 0.3) is 0 Å². The van der Waals surface area contributed by atoms with Crippen molar-refractivity contribution < 1.29 is 4.74 Å². The van der Waals surface area contributed by atoms with Crippen LogP contribution in [0.3, 0.4) is 0 Å². The molecule has 5 heteroatoms. The van der Waals surface area contributed by atoms with E-state index in [2.05, 4.69) is 77.6 Å². The lowest BCUT2D eigenvalue weighted by Crippen LogP contribution is -2.23. The van der Waals surface area contributed by atoms with Crippen molar-refractivity contribution in [3.8, 4) is 0 Å². The Labute approximate surface area is 154 Å². The number of hydrogen-bond acceptors (Lipinski definition) is 4. The van der Waals surface area contributed by atoms with Crippen molar-refractivity contribution in [1.82, 2.24) is 19.9 Å². The van der Waals surface area contributed by atoms with Gasteiger partial charge >= 0.3 is 0 Å². The number of rotatable bonds is 5. The smallest absolute Gasteiger partial charge is 0.157 e.